The smallest absolute Gasteiger partial charge is 0.336 e. The zero-order chi connectivity index (χ0) is 26.4. The molecule has 0 aliphatic carbocycles. The van der Waals surface area contributed by atoms with Crippen LogP contribution in [0.15, 0.2) is 103 Å². The van der Waals surface area contributed by atoms with Gasteiger partial charge in [0.25, 0.3) is 11.4 Å². The monoisotopic (exact) mass is 494 g/mol. The lowest BCUT2D eigenvalue weighted by atomic mass is 10.0. The van der Waals surface area contributed by atoms with Gasteiger partial charge in [-0.1, -0.05) is 36.4 Å². The number of hydrogen-bond acceptors (Lipinski definition) is 7. The van der Waals surface area contributed by atoms with E-state index in [2.05, 4.69) is 0 Å². The lowest BCUT2D eigenvalue weighted by Crippen LogP contribution is -2.03. The summed E-state index contributed by atoms with van der Waals surface area (Å²) in [7, 11) is 0. The average molecular weight is 494 g/mol. The van der Waals surface area contributed by atoms with E-state index in [9.17, 15) is 29.8 Å². The normalized spacial score (nSPS) is 10.7. The van der Waals surface area contributed by atoms with Crippen LogP contribution in [0.4, 0.5) is 11.4 Å². The van der Waals surface area contributed by atoms with Gasteiger partial charge in [-0.25, -0.2) is 4.79 Å². The van der Waals surface area contributed by atoms with Crippen molar-refractivity contribution in [1.29, 1.82) is 0 Å². The molecule has 0 unspecified atom stereocenters. The Labute approximate surface area is 210 Å². The molecule has 4 aromatic carbocycles. The number of carbonyl (C=O) groups is 2. The molecule has 0 aliphatic rings. The zero-order valence-corrected chi connectivity index (χ0v) is 19.1. The van der Waals surface area contributed by atoms with E-state index in [0.717, 1.165) is 11.1 Å². The molecule has 0 saturated carbocycles. The molecule has 182 valence electrons. The SMILES string of the molecule is O=C(/C=C/c1ccc(C(=O)c2ccc([N+](=O)[O-])cc2)cc1)Oc1ccc(-c2ccc([N+](=O)[O-])cc2)cc1. The van der Waals surface area contributed by atoms with Crippen LogP contribution in [-0.2, 0) is 4.79 Å². The molecule has 0 atom stereocenters. The minimum atomic E-state index is -0.589. The Morgan fingerprint density at radius 1 is 0.622 bits per heavy atom. The highest BCUT2D eigenvalue weighted by Gasteiger charge is 2.12. The molecule has 0 aromatic heterocycles. The van der Waals surface area contributed by atoms with Crippen molar-refractivity contribution in [3.05, 3.63) is 140 Å². The maximum atomic E-state index is 12.6. The lowest BCUT2D eigenvalue weighted by Gasteiger charge is -2.05. The number of nitro groups is 2. The summed E-state index contributed by atoms with van der Waals surface area (Å²) >= 11 is 0. The summed E-state index contributed by atoms with van der Waals surface area (Å²) in [5.41, 5.74) is 2.92. The maximum absolute atomic E-state index is 12.6. The number of benzene rings is 4. The van der Waals surface area contributed by atoms with Gasteiger partial charge in [-0.2, -0.15) is 0 Å². The molecule has 4 rings (SSSR count). The first-order valence-electron chi connectivity index (χ1n) is 10.9. The second kappa shape index (κ2) is 10.9. The van der Waals surface area contributed by atoms with Gasteiger partial charge in [-0.05, 0) is 59.2 Å². The third-order valence-electron chi connectivity index (χ3n) is 5.41. The molecule has 4 aromatic rings. The summed E-state index contributed by atoms with van der Waals surface area (Å²) < 4.78 is 5.31. The Kier molecular flexibility index (Phi) is 7.25. The van der Waals surface area contributed by atoms with E-state index in [-0.39, 0.29) is 17.2 Å². The summed E-state index contributed by atoms with van der Waals surface area (Å²) in [6.45, 7) is 0. The largest absolute Gasteiger partial charge is 0.423 e. The fraction of sp³-hybridized carbons (Fsp3) is 0. The highest BCUT2D eigenvalue weighted by molar-refractivity contribution is 6.09. The topological polar surface area (TPSA) is 130 Å². The van der Waals surface area contributed by atoms with Crippen molar-refractivity contribution in [2.45, 2.75) is 0 Å². The third kappa shape index (κ3) is 6.17. The zero-order valence-electron chi connectivity index (χ0n) is 19.1. The van der Waals surface area contributed by atoms with Gasteiger partial charge < -0.3 is 4.74 Å². The molecule has 0 aliphatic heterocycles. The Morgan fingerprint density at radius 2 is 1.05 bits per heavy atom. The molecule has 0 N–H and O–H groups in total. The Hall–Kier alpha value is -5.44. The van der Waals surface area contributed by atoms with Gasteiger partial charge in [0.15, 0.2) is 5.78 Å². The average Bonchev–Trinajstić information content (AvgIpc) is 2.92. The predicted octanol–water partition coefficient (Wildman–Crippen LogP) is 6.02. The Morgan fingerprint density at radius 3 is 1.54 bits per heavy atom. The standard InChI is InChI=1S/C28H18N2O7/c31-27(37-26-16-10-21(11-17-26)20-6-12-24(13-7-20)29(33)34)18-3-19-1-4-22(5-2-19)28(32)23-8-14-25(15-9-23)30(35)36/h1-18H/b18-3+. The van der Waals surface area contributed by atoms with E-state index in [4.69, 9.17) is 4.74 Å². The van der Waals surface area contributed by atoms with Gasteiger partial charge in [0.2, 0.25) is 0 Å². The van der Waals surface area contributed by atoms with Gasteiger partial charge in [0, 0.05) is 41.5 Å². The number of rotatable bonds is 8. The molecular weight excluding hydrogens is 476 g/mol. The Balaban J connectivity index is 1.34. The van der Waals surface area contributed by atoms with Crippen LogP contribution in [0.5, 0.6) is 5.75 Å². The van der Waals surface area contributed by atoms with E-state index in [0.29, 0.717) is 22.4 Å². The number of carbonyl (C=O) groups excluding carboxylic acids is 2. The quantitative estimate of drug-likeness (QED) is 0.0731. The number of ether oxygens (including phenoxy) is 1. The first-order chi connectivity index (χ1) is 17.8. The van der Waals surface area contributed by atoms with Crippen LogP contribution in [0.25, 0.3) is 17.2 Å². The molecule has 0 radical (unpaired) electrons. The van der Waals surface area contributed by atoms with Crippen LogP contribution < -0.4 is 4.74 Å². The summed E-state index contributed by atoms with van der Waals surface area (Å²) in [5, 5.41) is 21.5. The van der Waals surface area contributed by atoms with Crippen molar-refractivity contribution in [2.75, 3.05) is 0 Å². The van der Waals surface area contributed by atoms with Gasteiger partial charge in [-0.3, -0.25) is 25.0 Å². The van der Waals surface area contributed by atoms with Gasteiger partial charge in [0.1, 0.15) is 5.75 Å². The molecule has 9 heteroatoms. The number of esters is 1. The van der Waals surface area contributed by atoms with Crippen molar-refractivity contribution >= 4 is 29.2 Å². The highest BCUT2D eigenvalue weighted by Crippen LogP contribution is 2.25. The summed E-state index contributed by atoms with van der Waals surface area (Å²) in [6, 6.07) is 24.8. The van der Waals surface area contributed by atoms with E-state index < -0.39 is 15.8 Å². The fourth-order valence-electron chi connectivity index (χ4n) is 3.45. The summed E-state index contributed by atoms with van der Waals surface area (Å²) in [5.74, 6) is -0.527. The molecule has 0 saturated heterocycles. The van der Waals surface area contributed by atoms with Gasteiger partial charge in [-0.15, -0.1) is 0 Å². The van der Waals surface area contributed by atoms with E-state index in [1.165, 1.54) is 42.5 Å². The van der Waals surface area contributed by atoms with Crippen LogP contribution in [0.1, 0.15) is 21.5 Å². The Bertz CT molecular complexity index is 1490. The van der Waals surface area contributed by atoms with Crippen LogP contribution in [-0.4, -0.2) is 21.6 Å². The molecule has 9 nitrogen and oxygen atoms in total. The molecule has 0 bridgehead atoms. The molecule has 0 fully saturated rings. The van der Waals surface area contributed by atoms with Crippen molar-refractivity contribution in [2.24, 2.45) is 0 Å². The number of ketones is 1. The maximum Gasteiger partial charge on any atom is 0.336 e. The summed E-state index contributed by atoms with van der Waals surface area (Å²) in [4.78, 5) is 45.3. The number of nitrogens with zero attached hydrogens (tertiary/aromatic N) is 2. The van der Waals surface area contributed by atoms with Gasteiger partial charge >= 0.3 is 5.97 Å². The first-order valence-corrected chi connectivity index (χ1v) is 10.9. The lowest BCUT2D eigenvalue weighted by molar-refractivity contribution is -0.385. The van der Waals surface area contributed by atoms with E-state index in [1.54, 1.807) is 66.7 Å². The van der Waals surface area contributed by atoms with Crippen LogP contribution in [0, 0.1) is 20.2 Å². The molecule has 37 heavy (non-hydrogen) atoms. The summed E-state index contributed by atoms with van der Waals surface area (Å²) in [6.07, 6.45) is 2.81. The van der Waals surface area contributed by atoms with Crippen molar-refractivity contribution in [1.82, 2.24) is 0 Å². The number of non-ortho nitro benzene ring substituents is 2. The number of nitro benzene ring substituents is 2. The second-order valence-electron chi connectivity index (χ2n) is 7.84. The molecule has 0 spiro atoms. The minimum absolute atomic E-state index is 0.00631. The van der Waals surface area contributed by atoms with Crippen LogP contribution >= 0.6 is 0 Å². The molecule has 0 heterocycles. The predicted molar refractivity (Wildman–Crippen MR) is 136 cm³/mol. The van der Waals surface area contributed by atoms with E-state index >= 15 is 0 Å². The second-order valence-corrected chi connectivity index (χ2v) is 7.84. The molecular formula is C28H18N2O7. The van der Waals surface area contributed by atoms with Crippen molar-refractivity contribution < 1.29 is 24.2 Å². The van der Waals surface area contributed by atoms with E-state index in [1.807, 2.05) is 0 Å². The molecule has 0 amide bonds. The third-order valence-corrected chi connectivity index (χ3v) is 5.41. The van der Waals surface area contributed by atoms with Crippen molar-refractivity contribution in [3.8, 4) is 16.9 Å². The fourth-order valence-corrected chi connectivity index (χ4v) is 3.45. The number of hydrogen-bond donors (Lipinski definition) is 0. The van der Waals surface area contributed by atoms with Crippen molar-refractivity contribution in [3.63, 3.8) is 0 Å². The van der Waals surface area contributed by atoms with Gasteiger partial charge in [0.05, 0.1) is 9.85 Å². The highest BCUT2D eigenvalue weighted by atomic mass is 16.6. The first kappa shape index (κ1) is 24.7. The minimum Gasteiger partial charge on any atom is -0.423 e. The van der Waals surface area contributed by atoms with Crippen LogP contribution in [0.2, 0.25) is 0 Å². The van der Waals surface area contributed by atoms with Crippen LogP contribution in [0.3, 0.4) is 0 Å².